The van der Waals surface area contributed by atoms with Crippen molar-refractivity contribution in [1.82, 2.24) is 0 Å². The van der Waals surface area contributed by atoms with Crippen molar-refractivity contribution >= 4 is 11.8 Å². The Labute approximate surface area is 110 Å². The van der Waals surface area contributed by atoms with Crippen LogP contribution in [0.1, 0.15) is 51.9 Å². The van der Waals surface area contributed by atoms with E-state index >= 15 is 0 Å². The van der Waals surface area contributed by atoms with Gasteiger partial charge in [0.05, 0.1) is 11.7 Å². The maximum Gasteiger partial charge on any atom is 0.0701 e. The number of thioether (sulfide) groups is 1. The van der Waals surface area contributed by atoms with Gasteiger partial charge in [-0.25, -0.2) is 0 Å². The Morgan fingerprint density at radius 2 is 2.18 bits per heavy atom. The van der Waals surface area contributed by atoms with E-state index in [1.54, 1.807) is 0 Å². The molecule has 2 fully saturated rings. The molecule has 2 aliphatic heterocycles. The number of hydrogen-bond donors (Lipinski definition) is 1. The molecule has 100 valence electrons. The first kappa shape index (κ1) is 13.7. The minimum atomic E-state index is -0.0851. The fourth-order valence-electron chi connectivity index (χ4n) is 3.26. The van der Waals surface area contributed by atoms with Crippen LogP contribution in [-0.4, -0.2) is 34.9 Å². The monoisotopic (exact) mass is 258 g/mol. The van der Waals surface area contributed by atoms with Gasteiger partial charge in [0.2, 0.25) is 0 Å². The zero-order valence-corrected chi connectivity index (χ0v) is 11.8. The van der Waals surface area contributed by atoms with E-state index in [0.717, 1.165) is 32.3 Å². The highest BCUT2D eigenvalue weighted by Crippen LogP contribution is 2.41. The molecule has 2 atom stereocenters. The van der Waals surface area contributed by atoms with Gasteiger partial charge >= 0.3 is 0 Å². The van der Waals surface area contributed by atoms with Crippen LogP contribution in [0.5, 0.6) is 0 Å². The van der Waals surface area contributed by atoms with Gasteiger partial charge in [0.25, 0.3) is 0 Å². The van der Waals surface area contributed by atoms with Gasteiger partial charge in [-0.1, -0.05) is 13.3 Å². The number of rotatable bonds is 4. The average molecular weight is 258 g/mol. The molecule has 0 amide bonds. The lowest BCUT2D eigenvalue weighted by molar-refractivity contribution is -0.107. The van der Waals surface area contributed by atoms with Crippen LogP contribution in [0.25, 0.3) is 0 Å². The summed E-state index contributed by atoms with van der Waals surface area (Å²) in [6.45, 7) is 3.06. The smallest absolute Gasteiger partial charge is 0.0701 e. The second kappa shape index (κ2) is 6.44. The van der Waals surface area contributed by atoms with E-state index in [9.17, 15) is 5.11 Å². The van der Waals surface area contributed by atoms with E-state index in [-0.39, 0.29) is 11.7 Å². The topological polar surface area (TPSA) is 29.5 Å². The van der Waals surface area contributed by atoms with Crippen LogP contribution >= 0.6 is 11.8 Å². The van der Waals surface area contributed by atoms with E-state index < -0.39 is 0 Å². The van der Waals surface area contributed by atoms with Crippen molar-refractivity contribution in [2.24, 2.45) is 5.92 Å². The molecule has 0 radical (unpaired) electrons. The molecule has 0 saturated carbocycles. The van der Waals surface area contributed by atoms with Crippen molar-refractivity contribution in [2.45, 2.75) is 63.6 Å². The zero-order valence-electron chi connectivity index (χ0n) is 11.0. The van der Waals surface area contributed by atoms with Crippen LogP contribution in [0.4, 0.5) is 0 Å². The molecule has 2 nitrogen and oxygen atoms in total. The Balaban J connectivity index is 1.83. The molecule has 1 spiro atoms. The summed E-state index contributed by atoms with van der Waals surface area (Å²) >= 11 is 2.06. The summed E-state index contributed by atoms with van der Waals surface area (Å²) in [6.07, 6.45) is 7.73. The molecule has 2 aliphatic rings. The second-order valence-electron chi connectivity index (χ2n) is 5.68. The van der Waals surface area contributed by atoms with Crippen molar-refractivity contribution in [2.75, 3.05) is 18.1 Å². The molecule has 0 aromatic carbocycles. The van der Waals surface area contributed by atoms with Crippen LogP contribution in [0, 0.1) is 5.92 Å². The van der Waals surface area contributed by atoms with Crippen LogP contribution in [-0.2, 0) is 4.74 Å². The molecule has 1 N–H and O–H groups in total. The molecule has 2 unspecified atom stereocenters. The highest BCUT2D eigenvalue weighted by Gasteiger charge is 2.38. The predicted octanol–water partition coefficient (Wildman–Crippen LogP) is 3.23. The molecule has 2 rings (SSSR count). The van der Waals surface area contributed by atoms with Gasteiger partial charge < -0.3 is 9.84 Å². The molecular formula is C14H26O2S. The van der Waals surface area contributed by atoms with Crippen molar-refractivity contribution in [3.8, 4) is 0 Å². The maximum atomic E-state index is 9.94. The SMILES string of the molecule is CCCC(O)CC1CCOC2(CCSCC2)C1. The van der Waals surface area contributed by atoms with E-state index in [1.165, 1.54) is 30.8 Å². The fourth-order valence-corrected chi connectivity index (χ4v) is 4.49. The van der Waals surface area contributed by atoms with Gasteiger partial charge in [-0.2, -0.15) is 11.8 Å². The molecule has 2 heterocycles. The summed E-state index contributed by atoms with van der Waals surface area (Å²) in [5.41, 5.74) is 0.181. The van der Waals surface area contributed by atoms with E-state index in [1.807, 2.05) is 0 Å². The van der Waals surface area contributed by atoms with Crippen molar-refractivity contribution in [3.05, 3.63) is 0 Å². The summed E-state index contributed by atoms with van der Waals surface area (Å²) in [4.78, 5) is 0. The summed E-state index contributed by atoms with van der Waals surface area (Å²) in [5, 5.41) is 9.94. The highest BCUT2D eigenvalue weighted by molar-refractivity contribution is 7.99. The first-order chi connectivity index (χ1) is 8.24. The normalized spacial score (nSPS) is 30.4. The molecule has 0 aromatic rings. The number of hydrogen-bond acceptors (Lipinski definition) is 3. The van der Waals surface area contributed by atoms with Gasteiger partial charge in [0, 0.05) is 6.61 Å². The summed E-state index contributed by atoms with van der Waals surface area (Å²) in [5.74, 6) is 3.20. The van der Waals surface area contributed by atoms with E-state index in [0.29, 0.717) is 5.92 Å². The quantitative estimate of drug-likeness (QED) is 0.839. The lowest BCUT2D eigenvalue weighted by atomic mass is 9.79. The van der Waals surface area contributed by atoms with Gasteiger partial charge in [0.15, 0.2) is 0 Å². The number of aliphatic hydroxyl groups is 1. The first-order valence-corrected chi connectivity index (χ1v) is 8.29. The lowest BCUT2D eigenvalue weighted by Gasteiger charge is -2.43. The molecule has 0 aromatic heterocycles. The summed E-state index contributed by atoms with van der Waals surface area (Å²) in [7, 11) is 0. The van der Waals surface area contributed by atoms with Crippen LogP contribution in [0.15, 0.2) is 0 Å². The molecule has 17 heavy (non-hydrogen) atoms. The summed E-state index contributed by atoms with van der Waals surface area (Å²) in [6, 6.07) is 0. The molecule has 2 saturated heterocycles. The molecule has 0 aliphatic carbocycles. The molecule has 0 bridgehead atoms. The molecule has 3 heteroatoms. The third-order valence-corrected chi connectivity index (χ3v) is 5.21. The largest absolute Gasteiger partial charge is 0.393 e. The standard InChI is InChI=1S/C14H26O2S/c1-2-3-13(15)10-12-4-7-16-14(11-12)5-8-17-9-6-14/h12-13,15H,2-11H2,1H3. The van der Waals surface area contributed by atoms with Crippen molar-refractivity contribution in [3.63, 3.8) is 0 Å². The minimum absolute atomic E-state index is 0.0851. The Hall–Kier alpha value is 0.270. The van der Waals surface area contributed by atoms with Crippen LogP contribution in [0.3, 0.4) is 0 Å². The van der Waals surface area contributed by atoms with Crippen molar-refractivity contribution < 1.29 is 9.84 Å². The maximum absolute atomic E-state index is 9.94. The van der Waals surface area contributed by atoms with Gasteiger partial charge in [-0.3, -0.25) is 0 Å². The Morgan fingerprint density at radius 1 is 1.41 bits per heavy atom. The zero-order chi connectivity index (χ0) is 12.1. The van der Waals surface area contributed by atoms with Crippen LogP contribution < -0.4 is 0 Å². The third-order valence-electron chi connectivity index (χ3n) is 4.23. The minimum Gasteiger partial charge on any atom is -0.393 e. The first-order valence-electron chi connectivity index (χ1n) is 7.14. The Kier molecular flexibility index (Phi) is 5.19. The second-order valence-corrected chi connectivity index (χ2v) is 6.91. The fraction of sp³-hybridized carbons (Fsp3) is 1.00. The van der Waals surface area contributed by atoms with Gasteiger partial charge in [-0.15, -0.1) is 0 Å². The Morgan fingerprint density at radius 3 is 2.88 bits per heavy atom. The number of ether oxygens (including phenoxy) is 1. The predicted molar refractivity (Wildman–Crippen MR) is 73.5 cm³/mol. The lowest BCUT2D eigenvalue weighted by Crippen LogP contribution is -2.43. The van der Waals surface area contributed by atoms with Gasteiger partial charge in [-0.05, 0) is 55.9 Å². The number of aliphatic hydroxyl groups excluding tert-OH is 1. The summed E-state index contributed by atoms with van der Waals surface area (Å²) < 4.78 is 6.08. The van der Waals surface area contributed by atoms with Crippen molar-refractivity contribution in [1.29, 1.82) is 0 Å². The highest BCUT2D eigenvalue weighted by atomic mass is 32.2. The van der Waals surface area contributed by atoms with E-state index in [2.05, 4.69) is 18.7 Å². The average Bonchev–Trinajstić information content (AvgIpc) is 2.30. The molecular weight excluding hydrogens is 232 g/mol. The van der Waals surface area contributed by atoms with Crippen LogP contribution in [0.2, 0.25) is 0 Å². The van der Waals surface area contributed by atoms with E-state index in [4.69, 9.17) is 4.74 Å². The van der Waals surface area contributed by atoms with Gasteiger partial charge in [0.1, 0.15) is 0 Å². The Bertz CT molecular complexity index is 221. The third kappa shape index (κ3) is 3.87.